The predicted octanol–water partition coefficient (Wildman–Crippen LogP) is 2.05. The van der Waals surface area contributed by atoms with Crippen LogP contribution in [0.5, 0.6) is 0 Å². The third-order valence-electron chi connectivity index (χ3n) is 5.02. The molecule has 1 aliphatic carbocycles. The lowest BCUT2D eigenvalue weighted by atomic mass is 9.56. The molecular weight excluding hydrogens is 254 g/mol. The summed E-state index contributed by atoms with van der Waals surface area (Å²) in [7, 11) is 1.78. The van der Waals surface area contributed by atoms with Crippen LogP contribution in [0, 0.1) is 12.3 Å². The Hall–Kier alpha value is -1.69. The molecule has 0 saturated heterocycles. The highest BCUT2D eigenvalue weighted by molar-refractivity contribution is 5.45. The lowest BCUT2D eigenvalue weighted by Crippen LogP contribution is -2.65. The number of nitrogens with one attached hydrogen (secondary N) is 1. The molecule has 1 N–H and O–H groups in total. The maximum absolute atomic E-state index is 5.65. The molecule has 20 heavy (non-hydrogen) atoms. The molecule has 1 saturated carbocycles. The van der Waals surface area contributed by atoms with Gasteiger partial charge in [-0.2, -0.15) is 4.52 Å². The normalized spacial score (nSPS) is 28.4. The van der Waals surface area contributed by atoms with Crippen LogP contribution < -0.4 is 5.32 Å². The van der Waals surface area contributed by atoms with Crippen molar-refractivity contribution in [1.82, 2.24) is 19.8 Å². The molecule has 0 amide bonds. The van der Waals surface area contributed by atoms with Gasteiger partial charge in [0.2, 0.25) is 0 Å². The molecule has 108 valence electrons. The Bertz CT molecular complexity index is 650. The first-order valence-corrected chi connectivity index (χ1v) is 6.88. The quantitative estimate of drug-likeness (QED) is 0.928. The molecule has 0 aliphatic heterocycles. The first-order valence-electron chi connectivity index (χ1n) is 6.88. The van der Waals surface area contributed by atoms with Crippen molar-refractivity contribution in [3.05, 3.63) is 18.0 Å². The van der Waals surface area contributed by atoms with Gasteiger partial charge in [-0.25, -0.2) is 0 Å². The summed E-state index contributed by atoms with van der Waals surface area (Å²) in [6, 6.07) is 4.22. The summed E-state index contributed by atoms with van der Waals surface area (Å²) in [6.45, 7) is 8.50. The zero-order valence-corrected chi connectivity index (χ0v) is 12.6. The highest BCUT2D eigenvalue weighted by Gasteiger charge is 2.57. The van der Waals surface area contributed by atoms with Crippen LogP contribution in [0.1, 0.15) is 33.0 Å². The molecule has 0 radical (unpaired) electrons. The molecule has 6 heteroatoms. The van der Waals surface area contributed by atoms with E-state index in [9.17, 15) is 0 Å². The zero-order chi connectivity index (χ0) is 14.5. The lowest BCUT2D eigenvalue weighted by Gasteiger charge is -2.59. The van der Waals surface area contributed by atoms with Gasteiger partial charge in [0.05, 0.1) is 5.60 Å². The fourth-order valence-electron chi connectivity index (χ4n) is 2.87. The Balaban J connectivity index is 1.83. The number of hydrogen-bond acceptors (Lipinski definition) is 5. The fourth-order valence-corrected chi connectivity index (χ4v) is 2.87. The van der Waals surface area contributed by atoms with Crippen molar-refractivity contribution in [1.29, 1.82) is 0 Å². The summed E-state index contributed by atoms with van der Waals surface area (Å²) in [5.74, 6) is 1.63. The van der Waals surface area contributed by atoms with Gasteiger partial charge in [-0.3, -0.25) is 0 Å². The number of ether oxygens (including phenoxy) is 1. The molecule has 1 aliphatic rings. The standard InChI is InChI=1S/C14H21N5O/c1-9-16-17-12-7-6-11(18-19(9)12)15-10-8-14(4,20-5)13(10,2)3/h6-7,10H,8H2,1-5H3,(H,15,18). The van der Waals surface area contributed by atoms with Crippen molar-refractivity contribution >= 4 is 11.5 Å². The summed E-state index contributed by atoms with van der Waals surface area (Å²) >= 11 is 0. The number of anilines is 1. The SMILES string of the molecule is COC1(C)CC(Nc2ccc3nnc(C)n3n2)C1(C)C. The minimum Gasteiger partial charge on any atom is -0.378 e. The van der Waals surface area contributed by atoms with E-state index in [0.717, 1.165) is 23.7 Å². The number of aryl methyl sites for hydroxylation is 1. The Morgan fingerprint density at radius 3 is 2.70 bits per heavy atom. The highest BCUT2D eigenvalue weighted by Crippen LogP contribution is 2.52. The molecule has 0 spiro atoms. The van der Waals surface area contributed by atoms with Crippen LogP contribution in [0.15, 0.2) is 12.1 Å². The minimum absolute atomic E-state index is 0.0562. The number of rotatable bonds is 3. The van der Waals surface area contributed by atoms with E-state index in [1.165, 1.54) is 0 Å². The number of methoxy groups -OCH3 is 1. The number of fused-ring (bicyclic) bond motifs is 1. The molecule has 3 rings (SSSR count). The average Bonchev–Trinajstić information content (AvgIpc) is 2.79. The minimum atomic E-state index is -0.0821. The van der Waals surface area contributed by atoms with E-state index in [0.29, 0.717) is 6.04 Å². The number of nitrogens with zero attached hydrogens (tertiary/aromatic N) is 4. The van der Waals surface area contributed by atoms with Crippen LogP contribution >= 0.6 is 0 Å². The van der Waals surface area contributed by atoms with Gasteiger partial charge < -0.3 is 10.1 Å². The Morgan fingerprint density at radius 1 is 1.30 bits per heavy atom. The smallest absolute Gasteiger partial charge is 0.178 e. The van der Waals surface area contributed by atoms with E-state index in [1.54, 1.807) is 11.6 Å². The summed E-state index contributed by atoms with van der Waals surface area (Å²) < 4.78 is 7.40. The predicted molar refractivity (Wildman–Crippen MR) is 76.7 cm³/mol. The summed E-state index contributed by atoms with van der Waals surface area (Å²) in [4.78, 5) is 0. The van der Waals surface area contributed by atoms with Crippen LogP contribution in [-0.2, 0) is 4.74 Å². The first kappa shape index (κ1) is 13.3. The Morgan fingerprint density at radius 2 is 2.05 bits per heavy atom. The van der Waals surface area contributed by atoms with Crippen molar-refractivity contribution < 1.29 is 4.74 Å². The topological polar surface area (TPSA) is 64.3 Å². The van der Waals surface area contributed by atoms with Crippen molar-refractivity contribution in [2.24, 2.45) is 5.41 Å². The molecule has 0 aromatic carbocycles. The van der Waals surface area contributed by atoms with E-state index in [4.69, 9.17) is 4.74 Å². The highest BCUT2D eigenvalue weighted by atomic mass is 16.5. The number of hydrogen-bond donors (Lipinski definition) is 1. The van der Waals surface area contributed by atoms with Crippen LogP contribution in [0.4, 0.5) is 5.82 Å². The summed E-state index contributed by atoms with van der Waals surface area (Å²) in [6.07, 6.45) is 0.970. The van der Waals surface area contributed by atoms with E-state index < -0.39 is 0 Å². The van der Waals surface area contributed by atoms with Crippen molar-refractivity contribution in [3.63, 3.8) is 0 Å². The molecule has 2 aromatic heterocycles. The lowest BCUT2D eigenvalue weighted by molar-refractivity contribution is -0.166. The van der Waals surface area contributed by atoms with E-state index in [2.05, 4.69) is 41.4 Å². The van der Waals surface area contributed by atoms with Gasteiger partial charge in [0.1, 0.15) is 5.82 Å². The van der Waals surface area contributed by atoms with Crippen LogP contribution in [0.25, 0.3) is 5.65 Å². The average molecular weight is 275 g/mol. The van der Waals surface area contributed by atoms with Gasteiger partial charge in [-0.05, 0) is 32.4 Å². The molecule has 2 aromatic rings. The van der Waals surface area contributed by atoms with Crippen LogP contribution in [-0.4, -0.2) is 38.6 Å². The molecule has 1 fully saturated rings. The van der Waals surface area contributed by atoms with Gasteiger partial charge in [0.25, 0.3) is 0 Å². The Kier molecular flexibility index (Phi) is 2.76. The zero-order valence-electron chi connectivity index (χ0n) is 12.6. The second-order valence-electron chi connectivity index (χ2n) is 6.29. The maximum atomic E-state index is 5.65. The van der Waals surface area contributed by atoms with Crippen LogP contribution in [0.2, 0.25) is 0 Å². The van der Waals surface area contributed by atoms with E-state index in [-0.39, 0.29) is 11.0 Å². The molecule has 0 bridgehead atoms. The molecule has 2 atom stereocenters. The van der Waals surface area contributed by atoms with Crippen molar-refractivity contribution in [2.45, 2.75) is 45.8 Å². The van der Waals surface area contributed by atoms with Gasteiger partial charge in [0, 0.05) is 18.6 Å². The second kappa shape index (κ2) is 4.15. The number of aromatic nitrogens is 4. The molecule has 2 heterocycles. The van der Waals surface area contributed by atoms with Crippen molar-refractivity contribution in [3.8, 4) is 0 Å². The van der Waals surface area contributed by atoms with Gasteiger partial charge in [0.15, 0.2) is 11.5 Å². The van der Waals surface area contributed by atoms with Crippen molar-refractivity contribution in [2.75, 3.05) is 12.4 Å². The van der Waals surface area contributed by atoms with Gasteiger partial charge in [-0.1, -0.05) is 13.8 Å². The largest absolute Gasteiger partial charge is 0.378 e. The fraction of sp³-hybridized carbons (Fsp3) is 0.643. The molecule has 2 unspecified atom stereocenters. The Labute approximate surface area is 118 Å². The van der Waals surface area contributed by atoms with E-state index >= 15 is 0 Å². The van der Waals surface area contributed by atoms with Gasteiger partial charge in [-0.15, -0.1) is 15.3 Å². The second-order valence-corrected chi connectivity index (χ2v) is 6.29. The summed E-state index contributed by atoms with van der Waals surface area (Å²) in [5, 5.41) is 16.1. The molecular formula is C14H21N5O. The third kappa shape index (κ3) is 1.71. The monoisotopic (exact) mass is 275 g/mol. The van der Waals surface area contributed by atoms with E-state index in [1.807, 2.05) is 19.1 Å². The first-order chi connectivity index (χ1) is 9.37. The summed E-state index contributed by atoms with van der Waals surface area (Å²) in [5.41, 5.74) is 0.740. The van der Waals surface area contributed by atoms with Crippen LogP contribution in [0.3, 0.4) is 0 Å². The van der Waals surface area contributed by atoms with Gasteiger partial charge >= 0.3 is 0 Å². The molecule has 6 nitrogen and oxygen atoms in total. The third-order valence-corrected chi connectivity index (χ3v) is 5.02. The maximum Gasteiger partial charge on any atom is 0.178 e.